The Morgan fingerprint density at radius 2 is 1.70 bits per heavy atom. The summed E-state index contributed by atoms with van der Waals surface area (Å²) in [4.78, 5) is 27.2. The maximum absolute atomic E-state index is 13.3. The molecule has 0 unspecified atom stereocenters. The highest BCUT2D eigenvalue weighted by atomic mass is 35.5. The van der Waals surface area contributed by atoms with Crippen molar-refractivity contribution >= 4 is 36.0 Å². The first-order chi connectivity index (χ1) is 14.1. The number of amides is 1. The predicted molar refractivity (Wildman–Crippen MR) is 121 cm³/mol. The van der Waals surface area contributed by atoms with Crippen molar-refractivity contribution < 1.29 is 14.3 Å². The molecule has 2 aliphatic heterocycles. The van der Waals surface area contributed by atoms with Gasteiger partial charge in [-0.3, -0.25) is 9.69 Å². The van der Waals surface area contributed by atoms with E-state index in [0.717, 1.165) is 16.7 Å². The summed E-state index contributed by atoms with van der Waals surface area (Å²) in [7, 11) is 0. The molecule has 0 saturated carbocycles. The van der Waals surface area contributed by atoms with Gasteiger partial charge in [0, 0.05) is 5.75 Å². The molecule has 2 N–H and O–H groups in total. The molecule has 2 aliphatic rings. The normalized spacial score (nSPS) is 20.6. The van der Waals surface area contributed by atoms with E-state index < -0.39 is 18.1 Å². The summed E-state index contributed by atoms with van der Waals surface area (Å²) >= 11 is 1.57. The van der Waals surface area contributed by atoms with E-state index in [2.05, 4.69) is 0 Å². The van der Waals surface area contributed by atoms with Gasteiger partial charge in [0.25, 0.3) is 0 Å². The van der Waals surface area contributed by atoms with Gasteiger partial charge < -0.3 is 10.5 Å². The van der Waals surface area contributed by atoms with E-state index in [0.29, 0.717) is 11.4 Å². The maximum Gasteiger partial charge on any atom is 0.356 e. The van der Waals surface area contributed by atoms with Gasteiger partial charge in [0.05, 0.1) is 0 Å². The summed E-state index contributed by atoms with van der Waals surface area (Å²) in [6, 6.07) is 18.6. The van der Waals surface area contributed by atoms with Gasteiger partial charge in [0.1, 0.15) is 17.1 Å². The number of nitrogens with zero attached hydrogens (tertiary/aromatic N) is 1. The Morgan fingerprint density at radius 3 is 2.23 bits per heavy atom. The van der Waals surface area contributed by atoms with Crippen LogP contribution >= 0.6 is 24.2 Å². The zero-order valence-electron chi connectivity index (χ0n) is 16.4. The Balaban J connectivity index is 0.00000256. The summed E-state index contributed by atoms with van der Waals surface area (Å²) in [5.41, 5.74) is 8.75. The minimum atomic E-state index is -0.575. The minimum Gasteiger partial charge on any atom is -0.448 e. The van der Waals surface area contributed by atoms with E-state index >= 15 is 0 Å². The van der Waals surface area contributed by atoms with E-state index in [9.17, 15) is 9.59 Å². The standard InChI is InChI=1S/C23H22N2O3S.ClH/c1-2-9-17-14-29-22-18(24)21(26)25(22)19(17)23(27)28-20(15-10-5-3-6-11-15)16-12-7-4-8-13-16;/h2-13,18,20,22H,14,24H2,1H3;1H/b9-2+;/t18-,22+;/m1./s1. The van der Waals surface area contributed by atoms with Crippen LogP contribution in [0.4, 0.5) is 0 Å². The fourth-order valence-electron chi connectivity index (χ4n) is 3.61. The van der Waals surface area contributed by atoms with Crippen molar-refractivity contribution in [2.24, 2.45) is 5.73 Å². The van der Waals surface area contributed by atoms with Crippen molar-refractivity contribution in [3.8, 4) is 0 Å². The minimum absolute atomic E-state index is 0. The first kappa shape index (κ1) is 22.2. The van der Waals surface area contributed by atoms with Crippen LogP contribution in [0, 0.1) is 0 Å². The molecular weight excluding hydrogens is 420 g/mol. The summed E-state index contributed by atoms with van der Waals surface area (Å²) in [6.07, 6.45) is 3.15. The lowest BCUT2D eigenvalue weighted by Gasteiger charge is -2.48. The molecule has 2 atom stereocenters. The fraction of sp³-hybridized carbons (Fsp3) is 0.217. The van der Waals surface area contributed by atoms with Gasteiger partial charge >= 0.3 is 5.97 Å². The molecule has 30 heavy (non-hydrogen) atoms. The van der Waals surface area contributed by atoms with Gasteiger partial charge in [-0.25, -0.2) is 4.79 Å². The quantitative estimate of drug-likeness (QED) is 0.563. The Bertz CT molecular complexity index is 939. The summed E-state index contributed by atoms with van der Waals surface area (Å²) in [5.74, 6) is -0.147. The molecule has 0 aliphatic carbocycles. The molecule has 0 radical (unpaired) electrons. The van der Waals surface area contributed by atoms with Crippen molar-refractivity contribution in [2.45, 2.75) is 24.4 Å². The van der Waals surface area contributed by atoms with Gasteiger partial charge in [-0.2, -0.15) is 0 Å². The smallest absolute Gasteiger partial charge is 0.356 e. The fourth-order valence-corrected chi connectivity index (χ4v) is 4.87. The number of nitrogens with two attached hydrogens (primary N) is 1. The molecular formula is C23H23ClN2O3S. The third-order valence-electron chi connectivity index (χ3n) is 5.03. The number of benzene rings is 2. The second-order valence-electron chi connectivity index (χ2n) is 6.92. The molecule has 0 aromatic heterocycles. The number of carbonyl (C=O) groups is 2. The van der Waals surface area contributed by atoms with Crippen LogP contribution in [0.5, 0.6) is 0 Å². The number of hydrogen-bond donors (Lipinski definition) is 1. The first-order valence-corrected chi connectivity index (χ1v) is 10.5. The van der Waals surface area contributed by atoms with Gasteiger partial charge in [0.2, 0.25) is 5.91 Å². The van der Waals surface area contributed by atoms with Crippen LogP contribution in [-0.4, -0.2) is 33.9 Å². The highest BCUT2D eigenvalue weighted by Crippen LogP contribution is 2.41. The summed E-state index contributed by atoms with van der Waals surface area (Å²) in [6.45, 7) is 1.88. The third-order valence-corrected chi connectivity index (χ3v) is 6.35. The van der Waals surface area contributed by atoms with E-state index in [1.165, 1.54) is 4.90 Å². The molecule has 0 bridgehead atoms. The number of ether oxygens (including phenoxy) is 1. The Hall–Kier alpha value is -2.54. The van der Waals surface area contributed by atoms with E-state index in [1.807, 2.05) is 79.7 Å². The van der Waals surface area contributed by atoms with Crippen molar-refractivity contribution in [3.05, 3.63) is 95.2 Å². The number of carbonyl (C=O) groups excluding carboxylic acids is 2. The molecule has 156 valence electrons. The number of fused-ring (bicyclic) bond motifs is 1. The summed E-state index contributed by atoms with van der Waals surface area (Å²) < 4.78 is 6.00. The second-order valence-corrected chi connectivity index (χ2v) is 8.02. The summed E-state index contributed by atoms with van der Waals surface area (Å²) in [5, 5.41) is -0.217. The highest BCUT2D eigenvalue weighted by Gasteiger charge is 2.52. The van der Waals surface area contributed by atoms with Gasteiger partial charge in [0.15, 0.2) is 6.10 Å². The molecule has 5 nitrogen and oxygen atoms in total. The maximum atomic E-state index is 13.3. The largest absolute Gasteiger partial charge is 0.448 e. The van der Waals surface area contributed by atoms with Gasteiger partial charge in [-0.15, -0.1) is 24.2 Å². The van der Waals surface area contributed by atoms with Gasteiger partial charge in [-0.1, -0.05) is 72.8 Å². The lowest BCUT2D eigenvalue weighted by Crippen LogP contribution is -2.68. The molecule has 2 aromatic carbocycles. The van der Waals surface area contributed by atoms with E-state index in [4.69, 9.17) is 10.5 Å². The SMILES string of the molecule is C/C=C/C1=C(C(=O)OC(c2ccccc2)c2ccccc2)N2C(=O)[C@@H](N)[C@@H]2SC1.Cl. The number of hydrogen-bond acceptors (Lipinski definition) is 5. The van der Waals surface area contributed by atoms with Crippen LogP contribution in [0.15, 0.2) is 84.1 Å². The predicted octanol–water partition coefficient (Wildman–Crippen LogP) is 3.81. The number of thioether (sulfide) groups is 1. The molecule has 1 saturated heterocycles. The number of β-lactam (4-membered cyclic amide) rings is 1. The number of halogens is 1. The number of rotatable bonds is 5. The lowest BCUT2D eigenvalue weighted by atomic mass is 10.0. The average molecular weight is 443 g/mol. The van der Waals surface area contributed by atoms with Gasteiger partial charge in [-0.05, 0) is 23.6 Å². The van der Waals surface area contributed by atoms with Crippen LogP contribution in [0.2, 0.25) is 0 Å². The molecule has 2 heterocycles. The van der Waals surface area contributed by atoms with Crippen molar-refractivity contribution in [1.82, 2.24) is 4.90 Å². The monoisotopic (exact) mass is 442 g/mol. The molecule has 4 rings (SSSR count). The van der Waals surface area contributed by atoms with Crippen LogP contribution in [0.25, 0.3) is 0 Å². The molecule has 1 amide bonds. The molecule has 2 aromatic rings. The lowest BCUT2D eigenvalue weighted by molar-refractivity contribution is -0.153. The molecule has 1 fully saturated rings. The second kappa shape index (κ2) is 9.51. The number of allylic oxidation sites excluding steroid dienone is 2. The Morgan fingerprint density at radius 1 is 1.13 bits per heavy atom. The number of esters is 1. The van der Waals surface area contributed by atoms with E-state index in [-0.39, 0.29) is 23.7 Å². The van der Waals surface area contributed by atoms with Crippen molar-refractivity contribution in [3.63, 3.8) is 0 Å². The average Bonchev–Trinajstić information content (AvgIpc) is 2.77. The van der Waals surface area contributed by atoms with Crippen LogP contribution in [-0.2, 0) is 14.3 Å². The van der Waals surface area contributed by atoms with Crippen molar-refractivity contribution in [2.75, 3.05) is 5.75 Å². The van der Waals surface area contributed by atoms with E-state index in [1.54, 1.807) is 11.8 Å². The third kappa shape index (κ3) is 4.03. The Labute approximate surface area is 186 Å². The first-order valence-electron chi connectivity index (χ1n) is 9.48. The van der Waals surface area contributed by atoms with Crippen LogP contribution in [0.1, 0.15) is 24.2 Å². The molecule has 0 spiro atoms. The van der Waals surface area contributed by atoms with Crippen molar-refractivity contribution in [1.29, 1.82) is 0 Å². The highest BCUT2D eigenvalue weighted by molar-refractivity contribution is 8.00. The molecule has 7 heteroatoms. The Kier molecular flexibility index (Phi) is 7.02. The van der Waals surface area contributed by atoms with Crippen LogP contribution in [0.3, 0.4) is 0 Å². The topological polar surface area (TPSA) is 72.6 Å². The van der Waals surface area contributed by atoms with Crippen LogP contribution < -0.4 is 5.73 Å². The zero-order valence-corrected chi connectivity index (χ0v) is 18.1. The zero-order chi connectivity index (χ0) is 20.4.